The van der Waals surface area contributed by atoms with Crippen LogP contribution in [0.25, 0.3) is 0 Å². The Morgan fingerprint density at radius 1 is 2.00 bits per heavy atom. The van der Waals surface area contributed by atoms with E-state index in [1.54, 1.807) is 0 Å². The Morgan fingerprint density at radius 3 is 2.50 bits per heavy atom. The molecule has 0 aliphatic carbocycles. The molecule has 0 rings (SSSR count). The van der Waals surface area contributed by atoms with Crippen LogP contribution in [0.5, 0.6) is 0 Å². The SMILES string of the molecule is [2H]C([2H])CS(=O)(=O)O. The van der Waals surface area contributed by atoms with Crippen LogP contribution in [0.2, 0.25) is 0 Å². The molecule has 0 spiro atoms. The van der Waals surface area contributed by atoms with Crippen molar-refractivity contribution >= 4 is 10.1 Å². The van der Waals surface area contributed by atoms with Crippen molar-refractivity contribution in [3.63, 3.8) is 0 Å². The lowest BCUT2D eigenvalue weighted by atomic mass is 11.0. The molecule has 0 saturated heterocycles. The van der Waals surface area contributed by atoms with E-state index in [0.29, 0.717) is 0 Å². The predicted octanol–water partition coefficient (Wildman–Crippen LogP) is -0.106. The lowest BCUT2D eigenvalue weighted by Crippen LogP contribution is -1.97. The van der Waals surface area contributed by atoms with Crippen molar-refractivity contribution in [1.29, 1.82) is 0 Å². The van der Waals surface area contributed by atoms with Crippen LogP contribution in [0.3, 0.4) is 0 Å². The summed E-state index contributed by atoms with van der Waals surface area (Å²) in [6, 6.07) is 0. The summed E-state index contributed by atoms with van der Waals surface area (Å²) in [6.07, 6.45) is 0. The van der Waals surface area contributed by atoms with E-state index in [0.717, 1.165) is 0 Å². The maximum absolute atomic E-state index is 9.76. The largest absolute Gasteiger partial charge is 0.286 e. The van der Waals surface area contributed by atoms with Crippen LogP contribution < -0.4 is 0 Å². The first kappa shape index (κ1) is 2.98. The van der Waals surface area contributed by atoms with Gasteiger partial charge in [-0.3, -0.25) is 4.55 Å². The monoisotopic (exact) mass is 112 g/mol. The van der Waals surface area contributed by atoms with Gasteiger partial charge in [0.15, 0.2) is 0 Å². The molecular formula is C2H6O3S. The Labute approximate surface area is 39.5 Å². The van der Waals surface area contributed by atoms with Crippen LogP contribution >= 0.6 is 0 Å². The number of hydrogen-bond donors (Lipinski definition) is 1. The van der Waals surface area contributed by atoms with Gasteiger partial charge < -0.3 is 0 Å². The van der Waals surface area contributed by atoms with Crippen LogP contribution in [0.15, 0.2) is 0 Å². The maximum Gasteiger partial charge on any atom is 0.264 e. The van der Waals surface area contributed by atoms with Crippen molar-refractivity contribution in [2.45, 2.75) is 6.88 Å². The third-order valence-electron chi connectivity index (χ3n) is 0.211. The van der Waals surface area contributed by atoms with Crippen molar-refractivity contribution < 1.29 is 15.7 Å². The normalized spacial score (nSPS) is 17.0. The van der Waals surface area contributed by atoms with Crippen molar-refractivity contribution in [1.82, 2.24) is 0 Å². The van der Waals surface area contributed by atoms with E-state index in [4.69, 9.17) is 7.29 Å². The molecule has 0 bridgehead atoms. The molecule has 0 aromatic heterocycles. The second-order valence-corrected chi connectivity index (χ2v) is 2.25. The Morgan fingerprint density at radius 2 is 2.50 bits per heavy atom. The zero-order chi connectivity index (χ0) is 6.78. The Hall–Kier alpha value is -0.0900. The highest BCUT2D eigenvalue weighted by Gasteiger charge is 1.93. The van der Waals surface area contributed by atoms with E-state index in [9.17, 15) is 8.42 Å². The van der Waals surface area contributed by atoms with Gasteiger partial charge in [-0.15, -0.1) is 0 Å². The first-order chi connectivity index (χ1) is 3.42. The van der Waals surface area contributed by atoms with Crippen LogP contribution in [0.1, 0.15) is 9.62 Å². The molecule has 0 atom stereocenters. The third kappa shape index (κ3) is 3.91. The summed E-state index contributed by atoms with van der Waals surface area (Å²) in [6.45, 7) is -1.50. The summed E-state index contributed by atoms with van der Waals surface area (Å²) in [4.78, 5) is 0. The second-order valence-electron chi connectivity index (χ2n) is 0.749. The highest BCUT2D eigenvalue weighted by atomic mass is 32.2. The average molecular weight is 112 g/mol. The fourth-order valence-electron chi connectivity index (χ4n) is 0. The third-order valence-corrected chi connectivity index (χ3v) is 0.632. The van der Waals surface area contributed by atoms with E-state index < -0.39 is 22.7 Å². The van der Waals surface area contributed by atoms with Gasteiger partial charge in [0, 0.05) is 2.74 Å². The number of hydrogen-bond acceptors (Lipinski definition) is 2. The quantitative estimate of drug-likeness (QED) is 0.482. The molecule has 4 heteroatoms. The van der Waals surface area contributed by atoms with Gasteiger partial charge in [0.05, 0.1) is 5.75 Å². The standard InChI is InChI=1S/C2H6O3S/c1-2-6(3,4)5/h2H2,1H3,(H,3,4,5)/i1D2. The van der Waals surface area contributed by atoms with E-state index in [-0.39, 0.29) is 0 Å². The van der Waals surface area contributed by atoms with Gasteiger partial charge in [-0.25, -0.2) is 0 Å². The first-order valence-corrected chi connectivity index (χ1v) is 2.82. The average Bonchev–Trinajstić information content (AvgIpc) is 1.21. The van der Waals surface area contributed by atoms with Crippen molar-refractivity contribution in [3.8, 4) is 0 Å². The minimum Gasteiger partial charge on any atom is -0.286 e. The van der Waals surface area contributed by atoms with Gasteiger partial charge in [-0.05, 0) is 6.88 Å². The molecule has 0 amide bonds. The van der Waals surface area contributed by atoms with Crippen LogP contribution in [0.4, 0.5) is 0 Å². The topological polar surface area (TPSA) is 54.4 Å². The van der Waals surface area contributed by atoms with Crippen LogP contribution in [0, 0.1) is 0 Å². The molecule has 0 saturated carbocycles. The van der Waals surface area contributed by atoms with Crippen molar-refractivity contribution in [2.24, 2.45) is 0 Å². The molecule has 6 heavy (non-hydrogen) atoms. The molecule has 1 N–H and O–H groups in total. The maximum atomic E-state index is 9.76. The molecule has 0 unspecified atom stereocenters. The predicted molar refractivity (Wildman–Crippen MR) is 22.1 cm³/mol. The molecule has 0 aliphatic rings. The van der Waals surface area contributed by atoms with Crippen LogP contribution in [-0.4, -0.2) is 18.7 Å². The Kier molecular flexibility index (Phi) is 0.782. The summed E-state index contributed by atoms with van der Waals surface area (Å²) in [5.74, 6) is -0.812. The van der Waals surface area contributed by atoms with Gasteiger partial charge in [-0.2, -0.15) is 8.42 Å². The fraction of sp³-hybridized carbons (Fsp3) is 1.00. The number of rotatable bonds is 1. The lowest BCUT2D eigenvalue weighted by molar-refractivity contribution is 0.484. The second kappa shape index (κ2) is 1.57. The van der Waals surface area contributed by atoms with Gasteiger partial charge in [-0.1, -0.05) is 0 Å². The highest BCUT2D eigenvalue weighted by molar-refractivity contribution is 7.85. The molecule has 0 heterocycles. The summed E-state index contributed by atoms with van der Waals surface area (Å²) < 4.78 is 40.2. The van der Waals surface area contributed by atoms with Crippen molar-refractivity contribution in [3.05, 3.63) is 0 Å². The molecule has 0 aromatic carbocycles. The lowest BCUT2D eigenvalue weighted by Gasteiger charge is -1.79. The smallest absolute Gasteiger partial charge is 0.264 e. The summed E-state index contributed by atoms with van der Waals surface area (Å²) in [7, 11) is -4.10. The molecule has 38 valence electrons. The minimum atomic E-state index is -4.10. The molecular weight excluding hydrogens is 104 g/mol. The first-order valence-electron chi connectivity index (χ1n) is 2.37. The minimum absolute atomic E-state index is 0.812. The van der Waals surface area contributed by atoms with E-state index >= 15 is 0 Å². The molecule has 3 nitrogen and oxygen atoms in total. The fourth-order valence-corrected chi connectivity index (χ4v) is 0. The van der Waals surface area contributed by atoms with Gasteiger partial charge in [0.2, 0.25) is 0 Å². The summed E-state index contributed by atoms with van der Waals surface area (Å²) >= 11 is 0. The summed E-state index contributed by atoms with van der Waals surface area (Å²) in [5, 5.41) is 0. The van der Waals surface area contributed by atoms with Crippen molar-refractivity contribution in [2.75, 3.05) is 5.75 Å². The van der Waals surface area contributed by atoms with Gasteiger partial charge in [0.25, 0.3) is 10.1 Å². The zero-order valence-electron chi connectivity index (χ0n) is 4.96. The summed E-state index contributed by atoms with van der Waals surface area (Å²) in [5.41, 5.74) is 0. The molecule has 0 aromatic rings. The van der Waals surface area contributed by atoms with E-state index in [1.807, 2.05) is 0 Å². The Balaban J connectivity index is 3.75. The Bertz CT molecular complexity index is 149. The molecule has 0 fully saturated rings. The highest BCUT2D eigenvalue weighted by Crippen LogP contribution is 1.74. The van der Waals surface area contributed by atoms with Gasteiger partial charge in [0.1, 0.15) is 0 Å². The van der Waals surface area contributed by atoms with E-state index in [2.05, 4.69) is 0 Å². The molecule has 0 aliphatic heterocycles. The zero-order valence-corrected chi connectivity index (χ0v) is 3.77. The van der Waals surface area contributed by atoms with Gasteiger partial charge >= 0.3 is 0 Å². The van der Waals surface area contributed by atoms with E-state index in [1.165, 1.54) is 0 Å². The van der Waals surface area contributed by atoms with Crippen LogP contribution in [-0.2, 0) is 10.1 Å². The molecule has 0 radical (unpaired) electrons.